The molecule has 3 atom stereocenters. The number of aliphatic hydroxyl groups is 1. The monoisotopic (exact) mass is 478 g/mol. The average Bonchev–Trinajstić information content (AvgIpc) is 2.89. The van der Waals surface area contributed by atoms with Gasteiger partial charge >= 0.3 is 5.97 Å². The third kappa shape index (κ3) is 9.17. The van der Waals surface area contributed by atoms with Crippen molar-refractivity contribution in [2.24, 2.45) is 0 Å². The van der Waals surface area contributed by atoms with E-state index in [-0.39, 0.29) is 18.7 Å². The van der Waals surface area contributed by atoms with Crippen LogP contribution in [-0.2, 0) is 20.8 Å². The highest BCUT2D eigenvalue weighted by atomic mass is 16.5. The van der Waals surface area contributed by atoms with Gasteiger partial charge in [0.05, 0.1) is 44.2 Å². The van der Waals surface area contributed by atoms with Crippen molar-refractivity contribution < 1.29 is 28.8 Å². The number of hydrogen-bond donors (Lipinski definition) is 1. The van der Waals surface area contributed by atoms with Crippen molar-refractivity contribution in [2.75, 3.05) is 20.3 Å². The molecule has 3 rings (SSSR count). The Balaban J connectivity index is 1.55. The van der Waals surface area contributed by atoms with Gasteiger partial charge in [0.25, 0.3) is 0 Å². The van der Waals surface area contributed by atoms with Crippen molar-refractivity contribution in [1.29, 1.82) is 0 Å². The number of carbonyl (C=O) groups excluding carboxylic acids is 1. The minimum atomic E-state index is -0.820. The predicted octanol–water partition coefficient (Wildman–Crippen LogP) is 5.04. The lowest BCUT2D eigenvalue weighted by Gasteiger charge is -2.22. The zero-order valence-electron chi connectivity index (χ0n) is 20.3. The lowest BCUT2D eigenvalue weighted by atomic mass is 10.0. The Kier molecular flexibility index (Phi) is 10.8. The van der Waals surface area contributed by atoms with Crippen LogP contribution in [0, 0.1) is 0 Å². The summed E-state index contributed by atoms with van der Waals surface area (Å²) in [4.78, 5) is 12.1. The molecule has 0 fully saturated rings. The second-order valence-corrected chi connectivity index (χ2v) is 8.37. The summed E-state index contributed by atoms with van der Waals surface area (Å²) >= 11 is 0. The zero-order valence-corrected chi connectivity index (χ0v) is 20.3. The lowest BCUT2D eigenvalue weighted by Crippen LogP contribution is -2.27. The Labute approximate surface area is 207 Å². The standard InChI is InChI=1S/C29H34O6/c1-22-17-19-33-26(20-22)15-16-27(30)28(35-21-23-11-13-25(32-2)14-12-23)10-6-7-18-34-29(31)24-8-4-3-5-9-24/h3-9,11-17,26-28,30H,10,18-21H2,1-2H3/b7-6+,16-15+/t26-,27+,28+/m1/s1. The predicted molar refractivity (Wildman–Crippen MR) is 135 cm³/mol. The van der Waals surface area contributed by atoms with Gasteiger partial charge in [0.2, 0.25) is 0 Å². The third-order valence-electron chi connectivity index (χ3n) is 5.65. The molecule has 0 spiro atoms. The fourth-order valence-corrected chi connectivity index (χ4v) is 3.57. The van der Waals surface area contributed by atoms with Crippen molar-refractivity contribution >= 4 is 5.97 Å². The van der Waals surface area contributed by atoms with Crippen LogP contribution < -0.4 is 4.74 Å². The summed E-state index contributed by atoms with van der Waals surface area (Å²) < 4.78 is 22.3. The minimum absolute atomic E-state index is 0.0511. The molecule has 0 radical (unpaired) electrons. The maximum atomic E-state index is 12.1. The van der Waals surface area contributed by atoms with Gasteiger partial charge in [-0.2, -0.15) is 0 Å². The first-order valence-corrected chi connectivity index (χ1v) is 11.8. The van der Waals surface area contributed by atoms with Gasteiger partial charge in [-0.1, -0.05) is 66.3 Å². The van der Waals surface area contributed by atoms with E-state index in [1.54, 1.807) is 43.5 Å². The van der Waals surface area contributed by atoms with Crippen molar-refractivity contribution in [2.45, 2.75) is 44.7 Å². The normalized spacial score (nSPS) is 17.8. The molecule has 0 aromatic heterocycles. The van der Waals surface area contributed by atoms with E-state index in [1.165, 1.54) is 5.57 Å². The summed E-state index contributed by atoms with van der Waals surface area (Å²) in [6.07, 6.45) is 9.25. The Morgan fingerprint density at radius 1 is 1.14 bits per heavy atom. The third-order valence-corrected chi connectivity index (χ3v) is 5.65. The Morgan fingerprint density at radius 3 is 2.63 bits per heavy atom. The van der Waals surface area contributed by atoms with Gasteiger partial charge in [-0.05, 0) is 49.6 Å². The molecule has 6 heteroatoms. The number of benzene rings is 2. The molecule has 35 heavy (non-hydrogen) atoms. The summed E-state index contributed by atoms with van der Waals surface area (Å²) in [5.74, 6) is 0.403. The zero-order chi connectivity index (χ0) is 24.9. The maximum Gasteiger partial charge on any atom is 0.338 e. The second-order valence-electron chi connectivity index (χ2n) is 8.37. The van der Waals surface area contributed by atoms with E-state index in [0.29, 0.717) is 25.2 Å². The molecule has 2 aromatic rings. The van der Waals surface area contributed by atoms with Gasteiger partial charge in [-0.3, -0.25) is 0 Å². The van der Waals surface area contributed by atoms with Crippen molar-refractivity contribution in [3.8, 4) is 5.75 Å². The smallest absolute Gasteiger partial charge is 0.338 e. The number of aliphatic hydroxyl groups excluding tert-OH is 1. The van der Waals surface area contributed by atoms with Gasteiger partial charge in [0.15, 0.2) is 0 Å². The second kappa shape index (κ2) is 14.3. The van der Waals surface area contributed by atoms with Crippen LogP contribution in [0.4, 0.5) is 0 Å². The molecule has 0 unspecified atom stereocenters. The van der Waals surface area contributed by atoms with Crippen LogP contribution in [0.3, 0.4) is 0 Å². The highest BCUT2D eigenvalue weighted by Crippen LogP contribution is 2.18. The highest BCUT2D eigenvalue weighted by Gasteiger charge is 2.18. The molecule has 0 aliphatic carbocycles. The first-order valence-electron chi connectivity index (χ1n) is 11.8. The van der Waals surface area contributed by atoms with Crippen molar-refractivity contribution in [1.82, 2.24) is 0 Å². The topological polar surface area (TPSA) is 74.2 Å². The van der Waals surface area contributed by atoms with Crippen LogP contribution in [0.5, 0.6) is 5.75 Å². The summed E-state index contributed by atoms with van der Waals surface area (Å²) in [6, 6.07) is 16.5. The Morgan fingerprint density at radius 2 is 1.91 bits per heavy atom. The van der Waals surface area contributed by atoms with E-state index in [4.69, 9.17) is 18.9 Å². The highest BCUT2D eigenvalue weighted by molar-refractivity contribution is 5.89. The molecule has 0 saturated carbocycles. The number of hydrogen-bond acceptors (Lipinski definition) is 6. The van der Waals surface area contributed by atoms with E-state index in [2.05, 4.69) is 13.0 Å². The molecular formula is C29H34O6. The Bertz CT molecular complexity index is 994. The summed E-state index contributed by atoms with van der Waals surface area (Å²) in [5.41, 5.74) is 2.77. The molecule has 2 aromatic carbocycles. The molecule has 6 nitrogen and oxygen atoms in total. The van der Waals surface area contributed by atoms with Gasteiger partial charge in [0, 0.05) is 0 Å². The van der Waals surface area contributed by atoms with Gasteiger partial charge in [-0.15, -0.1) is 0 Å². The van der Waals surface area contributed by atoms with E-state index < -0.39 is 12.2 Å². The molecule has 186 valence electrons. The SMILES string of the molecule is COc1ccc(CO[C@@H](C/C=C/COC(=O)c2ccccc2)[C@@H](O)/C=C/[C@@H]2CC(C)=CCO2)cc1. The van der Waals surface area contributed by atoms with E-state index in [0.717, 1.165) is 17.7 Å². The van der Waals surface area contributed by atoms with Crippen LogP contribution in [0.15, 0.2) is 90.6 Å². The van der Waals surface area contributed by atoms with Crippen LogP contribution in [0.25, 0.3) is 0 Å². The molecular weight excluding hydrogens is 444 g/mol. The molecule has 1 N–H and O–H groups in total. The fourth-order valence-electron chi connectivity index (χ4n) is 3.57. The largest absolute Gasteiger partial charge is 0.497 e. The summed E-state index contributed by atoms with van der Waals surface area (Å²) in [5, 5.41) is 10.8. The molecule has 1 aliphatic heterocycles. The molecule has 0 bridgehead atoms. The summed E-state index contributed by atoms with van der Waals surface area (Å²) in [7, 11) is 1.63. The quantitative estimate of drug-likeness (QED) is 0.340. The van der Waals surface area contributed by atoms with Crippen LogP contribution in [0.1, 0.15) is 35.7 Å². The average molecular weight is 479 g/mol. The number of esters is 1. The minimum Gasteiger partial charge on any atom is -0.497 e. The van der Waals surface area contributed by atoms with Gasteiger partial charge in [0.1, 0.15) is 12.4 Å². The van der Waals surface area contributed by atoms with Gasteiger partial charge < -0.3 is 24.1 Å². The fraction of sp³-hybridized carbons (Fsp3) is 0.345. The first kappa shape index (κ1) is 26.4. The lowest BCUT2D eigenvalue weighted by molar-refractivity contribution is -0.0251. The molecule has 1 heterocycles. The van der Waals surface area contributed by atoms with Crippen molar-refractivity contribution in [3.63, 3.8) is 0 Å². The summed E-state index contributed by atoms with van der Waals surface area (Å²) in [6.45, 7) is 3.15. The van der Waals surface area contributed by atoms with E-state index >= 15 is 0 Å². The van der Waals surface area contributed by atoms with Gasteiger partial charge in [-0.25, -0.2) is 4.79 Å². The number of carbonyl (C=O) groups is 1. The Hall–Kier alpha value is -3.19. The molecule has 1 aliphatic rings. The van der Waals surface area contributed by atoms with E-state index in [9.17, 15) is 9.90 Å². The maximum absolute atomic E-state index is 12.1. The van der Waals surface area contributed by atoms with Crippen LogP contribution in [-0.4, -0.2) is 49.7 Å². The van der Waals surface area contributed by atoms with E-state index in [1.807, 2.05) is 42.5 Å². The van der Waals surface area contributed by atoms with Crippen LogP contribution >= 0.6 is 0 Å². The van der Waals surface area contributed by atoms with Crippen molar-refractivity contribution in [3.05, 3.63) is 102 Å². The molecule has 0 amide bonds. The number of methoxy groups -OCH3 is 1. The van der Waals surface area contributed by atoms with Crippen LogP contribution in [0.2, 0.25) is 0 Å². The first-order chi connectivity index (χ1) is 17.0. The number of ether oxygens (including phenoxy) is 4. The number of rotatable bonds is 12. The molecule has 0 saturated heterocycles.